The molecular weight excluding hydrogens is 234 g/mol. The fourth-order valence-corrected chi connectivity index (χ4v) is 2.83. The number of nitrogens with zero attached hydrogens (tertiary/aromatic N) is 2. The zero-order valence-corrected chi connectivity index (χ0v) is 13.8. The van der Waals surface area contributed by atoms with Crippen LogP contribution in [0.4, 0.5) is 0 Å². The van der Waals surface area contributed by atoms with E-state index in [4.69, 9.17) is 0 Å². The van der Waals surface area contributed by atoms with Crippen LogP contribution >= 0.6 is 0 Å². The molecule has 1 atom stereocenters. The van der Waals surface area contributed by atoms with E-state index in [-0.39, 0.29) is 0 Å². The molecule has 1 aliphatic heterocycles. The first-order chi connectivity index (χ1) is 8.92. The van der Waals surface area contributed by atoms with E-state index < -0.39 is 0 Å². The summed E-state index contributed by atoms with van der Waals surface area (Å²) in [6.45, 7) is 16.4. The predicted molar refractivity (Wildman–Crippen MR) is 84.7 cm³/mol. The molecule has 0 saturated carbocycles. The quantitative estimate of drug-likeness (QED) is 0.683. The fraction of sp³-hybridized carbons (Fsp3) is 1.00. The van der Waals surface area contributed by atoms with E-state index in [0.717, 1.165) is 25.7 Å². The van der Waals surface area contributed by atoms with Gasteiger partial charge in [-0.05, 0) is 51.4 Å². The summed E-state index contributed by atoms with van der Waals surface area (Å²) in [5.74, 6) is 0. The molecule has 0 aliphatic carbocycles. The maximum absolute atomic E-state index is 3.57. The van der Waals surface area contributed by atoms with E-state index in [1.807, 2.05) is 0 Å². The summed E-state index contributed by atoms with van der Waals surface area (Å²) in [4.78, 5) is 5.12. The SMILES string of the molecule is CCN1CCCC1CN(C)CCNCCC(C)(C)C. The van der Waals surface area contributed by atoms with Crippen LogP contribution in [0, 0.1) is 5.41 Å². The number of hydrogen-bond donors (Lipinski definition) is 1. The number of rotatable bonds is 8. The lowest BCUT2D eigenvalue weighted by Gasteiger charge is -2.28. The summed E-state index contributed by atoms with van der Waals surface area (Å²) in [5, 5.41) is 3.57. The highest BCUT2D eigenvalue weighted by Crippen LogP contribution is 2.17. The van der Waals surface area contributed by atoms with Crippen molar-refractivity contribution in [2.24, 2.45) is 5.41 Å². The van der Waals surface area contributed by atoms with E-state index in [1.54, 1.807) is 0 Å². The van der Waals surface area contributed by atoms with Crippen LogP contribution in [0.3, 0.4) is 0 Å². The van der Waals surface area contributed by atoms with Gasteiger partial charge in [-0.25, -0.2) is 0 Å². The number of hydrogen-bond acceptors (Lipinski definition) is 3. The van der Waals surface area contributed by atoms with Crippen molar-refractivity contribution in [3.05, 3.63) is 0 Å². The molecule has 1 aliphatic rings. The summed E-state index contributed by atoms with van der Waals surface area (Å²) in [7, 11) is 2.26. The van der Waals surface area contributed by atoms with Gasteiger partial charge in [0.1, 0.15) is 0 Å². The van der Waals surface area contributed by atoms with Crippen LogP contribution in [0.1, 0.15) is 47.0 Å². The Hall–Kier alpha value is -0.120. The maximum atomic E-state index is 3.57. The first kappa shape index (κ1) is 16.9. The Labute approximate surface area is 120 Å². The van der Waals surface area contributed by atoms with Gasteiger partial charge >= 0.3 is 0 Å². The van der Waals surface area contributed by atoms with Gasteiger partial charge in [0.05, 0.1) is 0 Å². The monoisotopic (exact) mass is 269 g/mol. The van der Waals surface area contributed by atoms with Crippen LogP contribution in [0.15, 0.2) is 0 Å². The van der Waals surface area contributed by atoms with Crippen molar-refractivity contribution < 1.29 is 0 Å². The summed E-state index contributed by atoms with van der Waals surface area (Å²) in [5.41, 5.74) is 0.449. The van der Waals surface area contributed by atoms with Crippen molar-refractivity contribution in [2.75, 3.05) is 46.3 Å². The topological polar surface area (TPSA) is 18.5 Å². The lowest BCUT2D eigenvalue weighted by Crippen LogP contribution is -2.41. The Morgan fingerprint density at radius 3 is 2.63 bits per heavy atom. The second-order valence-corrected chi connectivity index (χ2v) is 7.25. The lowest BCUT2D eigenvalue weighted by molar-refractivity contribution is 0.198. The van der Waals surface area contributed by atoms with Crippen molar-refractivity contribution in [3.63, 3.8) is 0 Å². The molecule has 1 saturated heterocycles. The molecule has 0 aromatic carbocycles. The molecule has 0 bridgehead atoms. The molecule has 1 unspecified atom stereocenters. The minimum Gasteiger partial charge on any atom is -0.315 e. The van der Waals surface area contributed by atoms with E-state index in [2.05, 4.69) is 49.9 Å². The Bertz CT molecular complexity index is 235. The maximum Gasteiger partial charge on any atom is 0.0223 e. The Morgan fingerprint density at radius 2 is 2.00 bits per heavy atom. The van der Waals surface area contributed by atoms with E-state index in [1.165, 1.54) is 38.9 Å². The number of likely N-dealkylation sites (N-methyl/N-ethyl adjacent to an activating group) is 2. The van der Waals surface area contributed by atoms with Crippen molar-refractivity contribution in [1.82, 2.24) is 15.1 Å². The molecule has 114 valence electrons. The molecule has 0 spiro atoms. The van der Waals surface area contributed by atoms with Gasteiger partial charge in [0.15, 0.2) is 0 Å². The Morgan fingerprint density at radius 1 is 1.26 bits per heavy atom. The highest BCUT2D eigenvalue weighted by molar-refractivity contribution is 4.80. The van der Waals surface area contributed by atoms with Crippen molar-refractivity contribution in [1.29, 1.82) is 0 Å². The van der Waals surface area contributed by atoms with Crippen LogP contribution in [-0.4, -0.2) is 62.2 Å². The fourth-order valence-electron chi connectivity index (χ4n) is 2.83. The highest BCUT2D eigenvalue weighted by Gasteiger charge is 2.23. The van der Waals surface area contributed by atoms with E-state index in [0.29, 0.717) is 5.41 Å². The molecule has 3 nitrogen and oxygen atoms in total. The molecule has 19 heavy (non-hydrogen) atoms. The molecule has 3 heteroatoms. The second kappa shape index (κ2) is 8.23. The van der Waals surface area contributed by atoms with Crippen molar-refractivity contribution in [2.45, 2.75) is 53.0 Å². The summed E-state index contributed by atoms with van der Waals surface area (Å²) in [6, 6.07) is 0.796. The molecule has 1 N–H and O–H groups in total. The first-order valence-electron chi connectivity index (χ1n) is 8.05. The Balaban J connectivity index is 2.06. The van der Waals surface area contributed by atoms with Gasteiger partial charge in [-0.2, -0.15) is 0 Å². The molecule has 0 aromatic heterocycles. The Kier molecular flexibility index (Phi) is 7.33. The van der Waals surface area contributed by atoms with E-state index in [9.17, 15) is 0 Å². The normalized spacial score (nSPS) is 21.5. The molecule has 0 radical (unpaired) electrons. The van der Waals surface area contributed by atoms with Gasteiger partial charge in [0.2, 0.25) is 0 Å². The highest BCUT2D eigenvalue weighted by atomic mass is 15.2. The molecule has 1 fully saturated rings. The van der Waals surface area contributed by atoms with Gasteiger partial charge in [0.25, 0.3) is 0 Å². The third-order valence-corrected chi connectivity index (χ3v) is 4.15. The van der Waals surface area contributed by atoms with Crippen LogP contribution in [-0.2, 0) is 0 Å². The standard InChI is InChI=1S/C16H35N3/c1-6-19-12-7-8-15(19)14-18(5)13-11-17-10-9-16(2,3)4/h15,17H,6-14H2,1-5H3. The van der Waals surface area contributed by atoms with Gasteiger partial charge < -0.3 is 10.2 Å². The van der Waals surface area contributed by atoms with E-state index >= 15 is 0 Å². The molecule has 1 rings (SSSR count). The van der Waals surface area contributed by atoms with Crippen molar-refractivity contribution in [3.8, 4) is 0 Å². The second-order valence-electron chi connectivity index (χ2n) is 7.25. The molecule has 1 heterocycles. The number of likely N-dealkylation sites (tertiary alicyclic amines) is 1. The third-order valence-electron chi connectivity index (χ3n) is 4.15. The number of nitrogens with one attached hydrogen (secondary N) is 1. The van der Waals surface area contributed by atoms with Gasteiger partial charge in [-0.1, -0.05) is 27.7 Å². The van der Waals surface area contributed by atoms with Crippen LogP contribution in [0.5, 0.6) is 0 Å². The zero-order valence-electron chi connectivity index (χ0n) is 13.8. The lowest BCUT2D eigenvalue weighted by atomic mass is 9.92. The average molecular weight is 269 g/mol. The van der Waals surface area contributed by atoms with Crippen LogP contribution < -0.4 is 5.32 Å². The molecule has 0 amide bonds. The van der Waals surface area contributed by atoms with Gasteiger partial charge in [0, 0.05) is 25.7 Å². The first-order valence-corrected chi connectivity index (χ1v) is 8.05. The van der Waals surface area contributed by atoms with Crippen LogP contribution in [0.25, 0.3) is 0 Å². The third kappa shape index (κ3) is 7.28. The minimum absolute atomic E-state index is 0.449. The minimum atomic E-state index is 0.449. The summed E-state index contributed by atoms with van der Waals surface area (Å²) >= 11 is 0. The predicted octanol–water partition coefficient (Wildman–Crippen LogP) is 2.43. The average Bonchev–Trinajstić information content (AvgIpc) is 2.74. The largest absolute Gasteiger partial charge is 0.315 e. The molecular formula is C16H35N3. The summed E-state index contributed by atoms with van der Waals surface area (Å²) < 4.78 is 0. The van der Waals surface area contributed by atoms with Gasteiger partial charge in [-0.15, -0.1) is 0 Å². The van der Waals surface area contributed by atoms with Crippen molar-refractivity contribution >= 4 is 0 Å². The van der Waals surface area contributed by atoms with Crippen LogP contribution in [0.2, 0.25) is 0 Å². The zero-order chi connectivity index (χ0) is 14.3. The molecule has 0 aromatic rings. The van der Waals surface area contributed by atoms with Gasteiger partial charge in [-0.3, -0.25) is 4.90 Å². The smallest absolute Gasteiger partial charge is 0.0223 e. The summed E-state index contributed by atoms with van der Waals surface area (Å²) in [6.07, 6.45) is 4.02.